The van der Waals surface area contributed by atoms with Gasteiger partial charge in [0.1, 0.15) is 10.8 Å². The van der Waals surface area contributed by atoms with Crippen molar-refractivity contribution in [2.24, 2.45) is 5.73 Å². The molecule has 2 rings (SSSR count). The Morgan fingerprint density at radius 2 is 2.38 bits per heavy atom. The molecule has 114 valence electrons. The molecule has 1 heterocycles. The minimum atomic E-state index is -0.388. The largest absolute Gasteiger partial charge is 0.469 e. The Kier molecular flexibility index (Phi) is 5.08. The fourth-order valence-electron chi connectivity index (χ4n) is 2.31. The molecule has 0 aromatic heterocycles. The number of halogens is 1. The lowest BCUT2D eigenvalue weighted by Crippen LogP contribution is -2.44. The van der Waals surface area contributed by atoms with Crippen molar-refractivity contribution in [3.05, 3.63) is 29.6 Å². The summed E-state index contributed by atoms with van der Waals surface area (Å²) in [6.07, 6.45) is -0.0909. The van der Waals surface area contributed by atoms with Crippen molar-refractivity contribution in [3.8, 4) is 0 Å². The SMILES string of the molecule is COC(=O)CC1CN(c2ccc(F)cc2C(N)=S)CCO1. The second-order valence-corrected chi connectivity index (χ2v) is 5.18. The summed E-state index contributed by atoms with van der Waals surface area (Å²) in [6, 6.07) is 4.33. The Morgan fingerprint density at radius 1 is 1.62 bits per heavy atom. The normalized spacial score (nSPS) is 18.4. The first-order valence-corrected chi connectivity index (χ1v) is 6.95. The van der Waals surface area contributed by atoms with Crippen molar-refractivity contribution in [1.82, 2.24) is 0 Å². The third-order valence-electron chi connectivity index (χ3n) is 3.33. The molecule has 1 fully saturated rings. The quantitative estimate of drug-likeness (QED) is 0.666. The number of rotatable bonds is 4. The van der Waals surface area contributed by atoms with Crippen LogP contribution < -0.4 is 10.6 Å². The van der Waals surface area contributed by atoms with E-state index in [1.54, 1.807) is 6.07 Å². The van der Waals surface area contributed by atoms with Gasteiger partial charge in [-0.3, -0.25) is 4.79 Å². The van der Waals surface area contributed by atoms with E-state index in [1.807, 2.05) is 4.90 Å². The number of thiocarbonyl (C=S) groups is 1. The minimum absolute atomic E-state index is 0.139. The number of nitrogens with two attached hydrogens (primary N) is 1. The van der Waals surface area contributed by atoms with Gasteiger partial charge in [0.15, 0.2) is 0 Å². The van der Waals surface area contributed by atoms with Crippen LogP contribution in [0.25, 0.3) is 0 Å². The molecule has 0 bridgehead atoms. The van der Waals surface area contributed by atoms with Gasteiger partial charge in [-0.15, -0.1) is 0 Å². The lowest BCUT2D eigenvalue weighted by molar-refractivity contribution is -0.144. The Morgan fingerprint density at radius 3 is 3.05 bits per heavy atom. The van der Waals surface area contributed by atoms with E-state index in [2.05, 4.69) is 4.74 Å². The van der Waals surface area contributed by atoms with Crippen LogP contribution in [0.2, 0.25) is 0 Å². The Hall–Kier alpha value is -1.73. The molecular weight excluding hydrogens is 295 g/mol. The van der Waals surface area contributed by atoms with Gasteiger partial charge in [0, 0.05) is 24.3 Å². The zero-order chi connectivity index (χ0) is 15.4. The van der Waals surface area contributed by atoms with Gasteiger partial charge in [0.2, 0.25) is 0 Å². The third kappa shape index (κ3) is 3.89. The first kappa shape index (κ1) is 15.7. The molecule has 2 N–H and O–H groups in total. The van der Waals surface area contributed by atoms with E-state index in [-0.39, 0.29) is 29.3 Å². The van der Waals surface area contributed by atoms with Gasteiger partial charge in [-0.25, -0.2) is 4.39 Å². The number of esters is 1. The standard InChI is InChI=1S/C14H17FN2O3S/c1-19-13(18)7-10-8-17(4-5-20-10)12-3-2-9(15)6-11(12)14(16)21/h2-3,6,10H,4-5,7-8H2,1H3,(H2,16,21). The number of carbonyl (C=O) groups excluding carboxylic acids is 1. The third-order valence-corrected chi connectivity index (χ3v) is 3.55. The number of benzene rings is 1. The molecule has 1 atom stereocenters. The summed E-state index contributed by atoms with van der Waals surface area (Å²) in [5, 5.41) is 0. The van der Waals surface area contributed by atoms with E-state index in [0.29, 0.717) is 25.3 Å². The smallest absolute Gasteiger partial charge is 0.308 e. The van der Waals surface area contributed by atoms with Gasteiger partial charge >= 0.3 is 5.97 Å². The number of carbonyl (C=O) groups is 1. The molecule has 1 unspecified atom stereocenters. The predicted molar refractivity (Wildman–Crippen MR) is 80.9 cm³/mol. The van der Waals surface area contributed by atoms with E-state index in [1.165, 1.54) is 19.2 Å². The van der Waals surface area contributed by atoms with Crippen molar-refractivity contribution >= 4 is 28.9 Å². The molecule has 0 saturated carbocycles. The molecule has 1 saturated heterocycles. The van der Waals surface area contributed by atoms with Gasteiger partial charge in [0.25, 0.3) is 0 Å². The maximum Gasteiger partial charge on any atom is 0.308 e. The summed E-state index contributed by atoms with van der Waals surface area (Å²) in [7, 11) is 1.34. The lowest BCUT2D eigenvalue weighted by Gasteiger charge is -2.35. The molecule has 1 aliphatic rings. The van der Waals surface area contributed by atoms with Crippen molar-refractivity contribution in [1.29, 1.82) is 0 Å². The molecule has 0 amide bonds. The number of ether oxygens (including phenoxy) is 2. The molecule has 5 nitrogen and oxygen atoms in total. The van der Waals surface area contributed by atoms with Crippen LogP contribution in [-0.2, 0) is 14.3 Å². The molecule has 0 spiro atoms. The first-order valence-electron chi connectivity index (χ1n) is 6.54. The molecule has 21 heavy (non-hydrogen) atoms. The predicted octanol–water partition coefficient (Wildman–Crippen LogP) is 1.23. The first-order chi connectivity index (χ1) is 10.0. The van der Waals surface area contributed by atoms with Crippen LogP contribution in [0, 0.1) is 5.82 Å². The molecule has 7 heteroatoms. The molecule has 1 aromatic rings. The number of morpholine rings is 1. The van der Waals surface area contributed by atoms with E-state index in [0.717, 1.165) is 5.69 Å². The molecule has 0 aliphatic carbocycles. The van der Waals surface area contributed by atoms with Crippen molar-refractivity contribution < 1.29 is 18.7 Å². The van der Waals surface area contributed by atoms with Crippen LogP contribution in [0.5, 0.6) is 0 Å². The van der Waals surface area contributed by atoms with Crippen LogP contribution in [-0.4, -0.2) is 43.9 Å². The maximum absolute atomic E-state index is 13.3. The Bertz CT molecular complexity index is 553. The Balaban J connectivity index is 2.18. The molecular formula is C14H17FN2O3S. The monoisotopic (exact) mass is 312 g/mol. The van der Waals surface area contributed by atoms with E-state index >= 15 is 0 Å². The average Bonchev–Trinajstić information content (AvgIpc) is 2.47. The van der Waals surface area contributed by atoms with Crippen LogP contribution in [0.4, 0.5) is 10.1 Å². The number of hydrogen-bond acceptors (Lipinski definition) is 5. The van der Waals surface area contributed by atoms with Gasteiger partial charge in [0.05, 0.1) is 26.2 Å². The molecule has 1 aliphatic heterocycles. The fourth-order valence-corrected chi connectivity index (χ4v) is 2.48. The van der Waals surface area contributed by atoms with E-state index in [9.17, 15) is 9.18 Å². The molecule has 0 radical (unpaired) electrons. The highest BCUT2D eigenvalue weighted by atomic mass is 32.1. The summed E-state index contributed by atoms with van der Waals surface area (Å²) in [4.78, 5) is 13.5. The van der Waals surface area contributed by atoms with Crippen LogP contribution >= 0.6 is 12.2 Å². The summed E-state index contributed by atoms with van der Waals surface area (Å²) in [5.41, 5.74) is 6.90. The topological polar surface area (TPSA) is 64.8 Å². The number of hydrogen-bond donors (Lipinski definition) is 1. The van der Waals surface area contributed by atoms with Gasteiger partial charge in [-0.1, -0.05) is 12.2 Å². The summed E-state index contributed by atoms with van der Waals surface area (Å²) >= 11 is 4.98. The van der Waals surface area contributed by atoms with Crippen LogP contribution in [0.3, 0.4) is 0 Å². The van der Waals surface area contributed by atoms with E-state index in [4.69, 9.17) is 22.7 Å². The van der Waals surface area contributed by atoms with Crippen LogP contribution in [0.1, 0.15) is 12.0 Å². The van der Waals surface area contributed by atoms with Crippen molar-refractivity contribution in [2.75, 3.05) is 31.7 Å². The fraction of sp³-hybridized carbons (Fsp3) is 0.429. The zero-order valence-corrected chi connectivity index (χ0v) is 12.5. The summed E-state index contributed by atoms with van der Waals surface area (Å²) in [5.74, 6) is -0.712. The Labute approximate surface area is 127 Å². The van der Waals surface area contributed by atoms with Gasteiger partial charge in [-0.05, 0) is 18.2 Å². The van der Waals surface area contributed by atoms with Crippen molar-refractivity contribution in [2.45, 2.75) is 12.5 Å². The highest BCUT2D eigenvalue weighted by Gasteiger charge is 2.25. The van der Waals surface area contributed by atoms with Crippen molar-refractivity contribution in [3.63, 3.8) is 0 Å². The number of methoxy groups -OCH3 is 1. The highest BCUT2D eigenvalue weighted by molar-refractivity contribution is 7.80. The average molecular weight is 312 g/mol. The lowest BCUT2D eigenvalue weighted by atomic mass is 10.1. The number of nitrogens with zero attached hydrogens (tertiary/aromatic N) is 1. The zero-order valence-electron chi connectivity index (χ0n) is 11.7. The summed E-state index contributed by atoms with van der Waals surface area (Å²) in [6.45, 7) is 1.59. The van der Waals surface area contributed by atoms with Crippen LogP contribution in [0.15, 0.2) is 18.2 Å². The number of anilines is 1. The second kappa shape index (κ2) is 6.82. The second-order valence-electron chi connectivity index (χ2n) is 4.74. The summed E-state index contributed by atoms with van der Waals surface area (Å²) < 4.78 is 23.5. The maximum atomic E-state index is 13.3. The van der Waals surface area contributed by atoms with Gasteiger partial charge in [-0.2, -0.15) is 0 Å². The van der Waals surface area contributed by atoms with Gasteiger partial charge < -0.3 is 20.1 Å². The minimum Gasteiger partial charge on any atom is -0.469 e. The molecule has 1 aromatic carbocycles. The highest BCUT2D eigenvalue weighted by Crippen LogP contribution is 2.24. The van der Waals surface area contributed by atoms with E-state index < -0.39 is 0 Å².